The Morgan fingerprint density at radius 1 is 0.806 bits per heavy atom. The predicted molar refractivity (Wildman–Crippen MR) is 125 cm³/mol. The lowest BCUT2D eigenvalue weighted by Crippen LogP contribution is -2.42. The predicted octanol–water partition coefficient (Wildman–Crippen LogP) is 4.30. The van der Waals surface area contributed by atoms with Crippen molar-refractivity contribution in [3.63, 3.8) is 0 Å². The number of anilines is 1. The molecule has 0 saturated heterocycles. The number of nitrogens with zero attached hydrogens (tertiary/aromatic N) is 2. The van der Waals surface area contributed by atoms with E-state index >= 15 is 0 Å². The fourth-order valence-electron chi connectivity index (χ4n) is 3.43. The topological polar surface area (TPSA) is 57.7 Å². The van der Waals surface area contributed by atoms with Gasteiger partial charge in [-0.05, 0) is 42.2 Å². The van der Waals surface area contributed by atoms with Crippen molar-refractivity contribution in [2.24, 2.45) is 0 Å². The second-order valence-corrected chi connectivity index (χ2v) is 9.69. The summed E-state index contributed by atoms with van der Waals surface area (Å²) in [5, 5.41) is 0. The number of benzene rings is 3. The molecule has 0 aliphatic heterocycles. The smallest absolute Gasteiger partial charge is 0.243 e. The first-order valence-electron chi connectivity index (χ1n) is 10.1. The highest BCUT2D eigenvalue weighted by Gasteiger charge is 2.25. The molecule has 0 aliphatic rings. The first-order chi connectivity index (χ1) is 14.7. The van der Waals surface area contributed by atoms with E-state index in [1.807, 2.05) is 92.7 Å². The molecule has 0 atom stereocenters. The summed E-state index contributed by atoms with van der Waals surface area (Å²) in [4.78, 5) is 15.1. The molecule has 0 spiro atoms. The largest absolute Gasteiger partial charge is 0.332 e. The summed E-state index contributed by atoms with van der Waals surface area (Å²) in [5.74, 6) is -0.251. The number of hydrogen-bond acceptors (Lipinski definition) is 3. The van der Waals surface area contributed by atoms with Gasteiger partial charge in [0.15, 0.2) is 0 Å². The number of amides is 1. The monoisotopic (exact) mass is 436 g/mol. The average Bonchev–Trinajstić information content (AvgIpc) is 2.74. The summed E-state index contributed by atoms with van der Waals surface area (Å²) in [6, 6.07) is 25.0. The van der Waals surface area contributed by atoms with Gasteiger partial charge in [-0.3, -0.25) is 9.10 Å². The van der Waals surface area contributed by atoms with E-state index in [1.54, 1.807) is 4.90 Å². The van der Waals surface area contributed by atoms with Crippen LogP contribution in [0.2, 0.25) is 0 Å². The molecule has 3 rings (SSSR count). The van der Waals surface area contributed by atoms with Crippen LogP contribution in [-0.2, 0) is 27.9 Å². The van der Waals surface area contributed by atoms with Gasteiger partial charge >= 0.3 is 0 Å². The molecule has 6 heteroatoms. The standard InChI is InChI=1S/C25H28N2O3S/c1-20-14-15-21(2)24(16-20)27(31(3,29)30)19-25(28)26(17-22-10-6-4-7-11-22)18-23-12-8-5-9-13-23/h4-16H,17-19H2,1-3H3. The lowest BCUT2D eigenvalue weighted by atomic mass is 10.1. The molecule has 0 radical (unpaired) electrons. The normalized spacial score (nSPS) is 11.2. The highest BCUT2D eigenvalue weighted by atomic mass is 32.2. The Morgan fingerprint density at radius 2 is 1.32 bits per heavy atom. The van der Waals surface area contributed by atoms with Gasteiger partial charge in [0, 0.05) is 13.1 Å². The Labute approximate surface area is 185 Å². The third-order valence-electron chi connectivity index (χ3n) is 5.10. The molecule has 0 bridgehead atoms. The van der Waals surface area contributed by atoms with Crippen molar-refractivity contribution in [3.8, 4) is 0 Å². The van der Waals surface area contributed by atoms with Crippen molar-refractivity contribution in [1.82, 2.24) is 4.90 Å². The minimum atomic E-state index is -3.65. The van der Waals surface area contributed by atoms with Crippen molar-refractivity contribution in [1.29, 1.82) is 0 Å². The van der Waals surface area contributed by atoms with Gasteiger partial charge in [-0.15, -0.1) is 0 Å². The summed E-state index contributed by atoms with van der Waals surface area (Å²) < 4.78 is 26.5. The Morgan fingerprint density at radius 3 is 1.81 bits per heavy atom. The van der Waals surface area contributed by atoms with Gasteiger partial charge in [0.25, 0.3) is 0 Å². The van der Waals surface area contributed by atoms with E-state index in [4.69, 9.17) is 0 Å². The molecule has 0 aliphatic carbocycles. The highest BCUT2D eigenvalue weighted by Crippen LogP contribution is 2.24. The van der Waals surface area contributed by atoms with Crippen LogP contribution in [0.25, 0.3) is 0 Å². The van der Waals surface area contributed by atoms with E-state index in [9.17, 15) is 13.2 Å². The molecular formula is C25H28N2O3S. The Bertz CT molecular complexity index is 1090. The zero-order chi connectivity index (χ0) is 22.4. The molecule has 5 nitrogen and oxygen atoms in total. The van der Waals surface area contributed by atoms with E-state index in [-0.39, 0.29) is 12.5 Å². The molecule has 1 amide bonds. The van der Waals surface area contributed by atoms with Crippen molar-refractivity contribution in [2.75, 3.05) is 17.1 Å². The third kappa shape index (κ3) is 6.18. The number of hydrogen-bond donors (Lipinski definition) is 0. The Kier molecular flexibility index (Phi) is 7.13. The fourth-order valence-corrected chi connectivity index (χ4v) is 4.33. The number of carbonyl (C=O) groups is 1. The van der Waals surface area contributed by atoms with Gasteiger partial charge in [0.05, 0.1) is 11.9 Å². The van der Waals surface area contributed by atoms with Crippen LogP contribution < -0.4 is 4.31 Å². The molecular weight excluding hydrogens is 408 g/mol. The zero-order valence-electron chi connectivity index (χ0n) is 18.2. The van der Waals surface area contributed by atoms with E-state index in [2.05, 4.69) is 0 Å². The van der Waals surface area contributed by atoms with Crippen LogP contribution in [0.1, 0.15) is 22.3 Å². The van der Waals surface area contributed by atoms with E-state index in [1.165, 1.54) is 4.31 Å². The molecule has 3 aromatic carbocycles. The van der Waals surface area contributed by atoms with E-state index in [0.717, 1.165) is 28.5 Å². The van der Waals surface area contributed by atoms with Gasteiger partial charge in [-0.25, -0.2) is 8.42 Å². The summed E-state index contributed by atoms with van der Waals surface area (Å²) in [6.45, 7) is 4.31. The summed E-state index contributed by atoms with van der Waals surface area (Å²) in [5.41, 5.74) is 4.26. The van der Waals surface area contributed by atoms with Crippen molar-refractivity contribution >= 4 is 21.6 Å². The molecule has 0 N–H and O–H groups in total. The average molecular weight is 437 g/mol. The number of rotatable bonds is 8. The zero-order valence-corrected chi connectivity index (χ0v) is 19.0. The first-order valence-corrected chi connectivity index (χ1v) is 12.0. The molecule has 162 valence electrons. The second kappa shape index (κ2) is 9.79. The molecule has 0 fully saturated rings. The Hall–Kier alpha value is -3.12. The maximum Gasteiger partial charge on any atom is 0.243 e. The van der Waals surface area contributed by atoms with Crippen LogP contribution in [0.3, 0.4) is 0 Å². The third-order valence-corrected chi connectivity index (χ3v) is 6.22. The number of aryl methyl sites for hydroxylation is 2. The van der Waals surface area contributed by atoms with Crippen molar-refractivity contribution in [2.45, 2.75) is 26.9 Å². The van der Waals surface area contributed by atoms with Crippen LogP contribution in [0.4, 0.5) is 5.69 Å². The van der Waals surface area contributed by atoms with Gasteiger partial charge in [0.2, 0.25) is 15.9 Å². The van der Waals surface area contributed by atoms with Crippen LogP contribution in [0, 0.1) is 13.8 Å². The minimum Gasteiger partial charge on any atom is -0.332 e. The molecule has 31 heavy (non-hydrogen) atoms. The van der Waals surface area contributed by atoms with E-state index in [0.29, 0.717) is 18.8 Å². The van der Waals surface area contributed by atoms with E-state index < -0.39 is 10.0 Å². The van der Waals surface area contributed by atoms with Gasteiger partial charge in [0.1, 0.15) is 6.54 Å². The molecule has 0 unspecified atom stereocenters. The first kappa shape index (κ1) is 22.6. The van der Waals surface area contributed by atoms with Crippen molar-refractivity contribution < 1.29 is 13.2 Å². The van der Waals surface area contributed by atoms with Crippen LogP contribution in [-0.4, -0.2) is 32.0 Å². The van der Waals surface area contributed by atoms with Crippen LogP contribution in [0.15, 0.2) is 78.9 Å². The maximum atomic E-state index is 13.4. The SMILES string of the molecule is Cc1ccc(C)c(N(CC(=O)N(Cc2ccccc2)Cc2ccccc2)S(C)(=O)=O)c1. The lowest BCUT2D eigenvalue weighted by molar-refractivity contribution is -0.130. The van der Waals surface area contributed by atoms with Gasteiger partial charge in [-0.2, -0.15) is 0 Å². The Balaban J connectivity index is 1.91. The fraction of sp³-hybridized carbons (Fsp3) is 0.240. The van der Waals surface area contributed by atoms with Crippen LogP contribution in [0.5, 0.6) is 0 Å². The second-order valence-electron chi connectivity index (χ2n) is 7.78. The minimum absolute atomic E-state index is 0.247. The lowest BCUT2D eigenvalue weighted by Gasteiger charge is -2.29. The molecule has 0 saturated carbocycles. The maximum absolute atomic E-state index is 13.4. The highest BCUT2D eigenvalue weighted by molar-refractivity contribution is 7.92. The van der Waals surface area contributed by atoms with Crippen LogP contribution >= 0.6 is 0 Å². The summed E-state index contributed by atoms with van der Waals surface area (Å²) >= 11 is 0. The molecule has 3 aromatic rings. The quantitative estimate of drug-likeness (QED) is 0.529. The molecule has 0 heterocycles. The van der Waals surface area contributed by atoms with Gasteiger partial charge < -0.3 is 4.90 Å². The summed E-state index contributed by atoms with van der Waals surface area (Å²) in [6.07, 6.45) is 1.14. The molecule has 0 aromatic heterocycles. The summed E-state index contributed by atoms with van der Waals surface area (Å²) in [7, 11) is -3.65. The van der Waals surface area contributed by atoms with Gasteiger partial charge in [-0.1, -0.05) is 72.8 Å². The number of sulfonamides is 1. The number of carbonyl (C=O) groups excluding carboxylic acids is 1. The van der Waals surface area contributed by atoms with Crippen molar-refractivity contribution in [3.05, 3.63) is 101 Å².